The standard InChI is InChI=1S/C13H19N3O3/c1-4-6-9(2)15(3)13(17)10-7-5-8-11(12(10)14)16(18)19/h5,7-9H,4,6,14H2,1-3H3. The van der Waals surface area contributed by atoms with Crippen molar-refractivity contribution in [2.75, 3.05) is 12.8 Å². The number of amides is 1. The van der Waals surface area contributed by atoms with Crippen molar-refractivity contribution in [1.29, 1.82) is 0 Å². The van der Waals surface area contributed by atoms with Crippen molar-refractivity contribution in [3.05, 3.63) is 33.9 Å². The summed E-state index contributed by atoms with van der Waals surface area (Å²) >= 11 is 0. The van der Waals surface area contributed by atoms with E-state index in [2.05, 4.69) is 0 Å². The molecule has 1 unspecified atom stereocenters. The average Bonchev–Trinajstić information content (AvgIpc) is 2.37. The predicted octanol–water partition coefficient (Wildman–Crippen LogP) is 2.44. The molecule has 0 aromatic heterocycles. The Kier molecular flexibility index (Phi) is 4.86. The molecule has 1 atom stereocenters. The van der Waals surface area contributed by atoms with Gasteiger partial charge in [0.2, 0.25) is 0 Å². The molecule has 0 heterocycles. The van der Waals surface area contributed by atoms with Gasteiger partial charge in [-0.1, -0.05) is 19.4 Å². The van der Waals surface area contributed by atoms with E-state index >= 15 is 0 Å². The summed E-state index contributed by atoms with van der Waals surface area (Å²) in [6.45, 7) is 3.98. The number of hydrogen-bond donors (Lipinski definition) is 1. The van der Waals surface area contributed by atoms with Crippen LogP contribution in [0.25, 0.3) is 0 Å². The third kappa shape index (κ3) is 3.21. The number of benzene rings is 1. The first-order chi connectivity index (χ1) is 8.90. The molecule has 19 heavy (non-hydrogen) atoms. The van der Waals surface area contributed by atoms with Gasteiger partial charge in [0.25, 0.3) is 11.6 Å². The van der Waals surface area contributed by atoms with E-state index in [1.54, 1.807) is 11.9 Å². The smallest absolute Gasteiger partial charge is 0.292 e. The number of carbonyl (C=O) groups is 1. The molecule has 0 fully saturated rings. The van der Waals surface area contributed by atoms with Crippen molar-refractivity contribution < 1.29 is 9.72 Å². The van der Waals surface area contributed by atoms with Gasteiger partial charge in [0.1, 0.15) is 5.69 Å². The van der Waals surface area contributed by atoms with Crippen molar-refractivity contribution in [1.82, 2.24) is 4.90 Å². The third-order valence-corrected chi connectivity index (χ3v) is 3.20. The first kappa shape index (κ1) is 14.9. The van der Waals surface area contributed by atoms with E-state index in [-0.39, 0.29) is 28.9 Å². The van der Waals surface area contributed by atoms with Gasteiger partial charge < -0.3 is 10.6 Å². The summed E-state index contributed by atoms with van der Waals surface area (Å²) in [6, 6.07) is 4.35. The van der Waals surface area contributed by atoms with Crippen LogP contribution in [0.4, 0.5) is 11.4 Å². The molecule has 104 valence electrons. The van der Waals surface area contributed by atoms with Gasteiger partial charge in [-0.25, -0.2) is 0 Å². The number of carbonyl (C=O) groups excluding carboxylic acids is 1. The molecule has 0 bridgehead atoms. The summed E-state index contributed by atoms with van der Waals surface area (Å²) in [6.07, 6.45) is 1.83. The van der Waals surface area contributed by atoms with Crippen molar-refractivity contribution in [3.63, 3.8) is 0 Å². The Morgan fingerprint density at radius 2 is 2.16 bits per heavy atom. The molecule has 1 amide bonds. The molecule has 0 aliphatic heterocycles. The summed E-state index contributed by atoms with van der Waals surface area (Å²) in [5, 5.41) is 10.8. The fourth-order valence-corrected chi connectivity index (χ4v) is 1.90. The molecule has 0 aliphatic carbocycles. The van der Waals surface area contributed by atoms with Gasteiger partial charge >= 0.3 is 0 Å². The molecular formula is C13H19N3O3. The van der Waals surface area contributed by atoms with Crippen LogP contribution in [0.5, 0.6) is 0 Å². The highest BCUT2D eigenvalue weighted by atomic mass is 16.6. The zero-order valence-corrected chi connectivity index (χ0v) is 11.4. The molecule has 1 aromatic rings. The Labute approximate surface area is 112 Å². The van der Waals surface area contributed by atoms with Crippen LogP contribution >= 0.6 is 0 Å². The van der Waals surface area contributed by atoms with Crippen molar-refractivity contribution in [2.45, 2.75) is 32.7 Å². The number of nitrogen functional groups attached to an aromatic ring is 1. The van der Waals surface area contributed by atoms with Crippen molar-refractivity contribution in [2.24, 2.45) is 0 Å². The zero-order valence-electron chi connectivity index (χ0n) is 11.4. The highest BCUT2D eigenvalue weighted by molar-refractivity contribution is 6.01. The predicted molar refractivity (Wildman–Crippen MR) is 74.0 cm³/mol. The summed E-state index contributed by atoms with van der Waals surface area (Å²) < 4.78 is 0. The maximum Gasteiger partial charge on any atom is 0.292 e. The lowest BCUT2D eigenvalue weighted by molar-refractivity contribution is -0.383. The van der Waals surface area contributed by atoms with Crippen LogP contribution < -0.4 is 5.73 Å². The molecule has 0 saturated heterocycles. The van der Waals surface area contributed by atoms with E-state index in [9.17, 15) is 14.9 Å². The molecule has 1 aromatic carbocycles. The van der Waals surface area contributed by atoms with E-state index in [0.717, 1.165) is 12.8 Å². The first-order valence-corrected chi connectivity index (χ1v) is 6.20. The monoisotopic (exact) mass is 265 g/mol. The summed E-state index contributed by atoms with van der Waals surface area (Å²) in [5.74, 6) is -0.290. The molecule has 2 N–H and O–H groups in total. The van der Waals surface area contributed by atoms with Crippen molar-refractivity contribution >= 4 is 17.3 Å². The van der Waals surface area contributed by atoms with Gasteiger partial charge in [0.05, 0.1) is 10.5 Å². The van der Waals surface area contributed by atoms with Gasteiger partial charge in [0.15, 0.2) is 0 Å². The van der Waals surface area contributed by atoms with Gasteiger partial charge in [-0.05, 0) is 19.4 Å². The number of nitrogens with zero attached hydrogens (tertiary/aromatic N) is 2. The van der Waals surface area contributed by atoms with Crippen LogP contribution in [-0.2, 0) is 0 Å². The van der Waals surface area contributed by atoms with E-state index in [0.29, 0.717) is 0 Å². The molecule has 0 saturated carbocycles. The number of rotatable bonds is 5. The van der Waals surface area contributed by atoms with E-state index in [4.69, 9.17) is 5.73 Å². The van der Waals surface area contributed by atoms with E-state index < -0.39 is 4.92 Å². The van der Waals surface area contributed by atoms with Crippen LogP contribution in [0.3, 0.4) is 0 Å². The third-order valence-electron chi connectivity index (χ3n) is 3.20. The number of anilines is 1. The largest absolute Gasteiger partial charge is 0.393 e. The summed E-state index contributed by atoms with van der Waals surface area (Å²) in [7, 11) is 1.68. The Morgan fingerprint density at radius 1 is 1.53 bits per heavy atom. The zero-order chi connectivity index (χ0) is 14.6. The van der Waals surface area contributed by atoms with Crippen LogP contribution in [-0.4, -0.2) is 28.8 Å². The molecule has 0 radical (unpaired) electrons. The molecular weight excluding hydrogens is 246 g/mol. The molecule has 1 rings (SSSR count). The topological polar surface area (TPSA) is 89.5 Å². The lowest BCUT2D eigenvalue weighted by Crippen LogP contribution is -2.35. The number of nitro groups is 1. The number of nitro benzene ring substituents is 1. The second-order valence-electron chi connectivity index (χ2n) is 4.55. The number of hydrogen-bond acceptors (Lipinski definition) is 4. The number of para-hydroxylation sites is 1. The summed E-state index contributed by atoms with van der Waals surface area (Å²) in [5.41, 5.74) is 5.58. The second kappa shape index (κ2) is 6.17. The Hall–Kier alpha value is -2.11. The van der Waals surface area contributed by atoms with Crippen LogP contribution in [0.15, 0.2) is 18.2 Å². The quantitative estimate of drug-likeness (QED) is 0.503. The summed E-state index contributed by atoms with van der Waals surface area (Å²) in [4.78, 5) is 24.1. The lowest BCUT2D eigenvalue weighted by Gasteiger charge is -2.25. The molecule has 0 spiro atoms. The first-order valence-electron chi connectivity index (χ1n) is 6.20. The SMILES string of the molecule is CCCC(C)N(C)C(=O)c1cccc([N+](=O)[O-])c1N. The molecule has 6 heteroatoms. The van der Waals surface area contributed by atoms with Gasteiger partial charge in [-0.2, -0.15) is 0 Å². The maximum absolute atomic E-state index is 12.3. The van der Waals surface area contributed by atoms with Crippen molar-refractivity contribution in [3.8, 4) is 0 Å². The Balaban J connectivity index is 3.06. The molecule has 0 aliphatic rings. The molecule has 6 nitrogen and oxygen atoms in total. The minimum atomic E-state index is -0.582. The minimum absolute atomic E-state index is 0.0659. The van der Waals surface area contributed by atoms with Crippen LogP contribution in [0, 0.1) is 10.1 Å². The van der Waals surface area contributed by atoms with Gasteiger partial charge in [0, 0.05) is 19.2 Å². The van der Waals surface area contributed by atoms with Crippen LogP contribution in [0.2, 0.25) is 0 Å². The Bertz CT molecular complexity index is 488. The lowest BCUT2D eigenvalue weighted by atomic mass is 10.1. The van der Waals surface area contributed by atoms with Crippen LogP contribution in [0.1, 0.15) is 37.0 Å². The van der Waals surface area contributed by atoms with E-state index in [1.807, 2.05) is 13.8 Å². The highest BCUT2D eigenvalue weighted by Gasteiger charge is 2.23. The van der Waals surface area contributed by atoms with Gasteiger partial charge in [-0.3, -0.25) is 14.9 Å². The average molecular weight is 265 g/mol. The van der Waals surface area contributed by atoms with Gasteiger partial charge in [-0.15, -0.1) is 0 Å². The Morgan fingerprint density at radius 3 is 2.68 bits per heavy atom. The number of nitrogens with two attached hydrogens (primary N) is 1. The second-order valence-corrected chi connectivity index (χ2v) is 4.55. The fraction of sp³-hybridized carbons (Fsp3) is 0.462. The fourth-order valence-electron chi connectivity index (χ4n) is 1.90. The highest BCUT2D eigenvalue weighted by Crippen LogP contribution is 2.26. The maximum atomic E-state index is 12.3. The minimum Gasteiger partial charge on any atom is -0.393 e. The normalized spacial score (nSPS) is 11.9. The van der Waals surface area contributed by atoms with E-state index in [1.165, 1.54) is 18.2 Å².